The minimum absolute atomic E-state index is 0.311. The van der Waals surface area contributed by atoms with Crippen LogP contribution in [0.2, 0.25) is 0 Å². The normalized spacial score (nSPS) is 18.8. The van der Waals surface area contributed by atoms with Crippen molar-refractivity contribution in [2.75, 3.05) is 20.2 Å². The number of ether oxygens (including phenoxy) is 1. The number of rotatable bonds is 4. The molecule has 0 radical (unpaired) electrons. The maximum Gasteiger partial charge on any atom is 0.165 e. The molecule has 118 valence electrons. The van der Waals surface area contributed by atoms with Gasteiger partial charge in [0.05, 0.1) is 12.8 Å². The zero-order valence-corrected chi connectivity index (χ0v) is 13.3. The van der Waals surface area contributed by atoms with Gasteiger partial charge in [0.2, 0.25) is 0 Å². The number of halogens is 1. The average molecular weight is 303 g/mol. The Morgan fingerprint density at radius 2 is 2.23 bits per heavy atom. The maximum atomic E-state index is 13.5. The van der Waals surface area contributed by atoms with Crippen molar-refractivity contribution in [1.82, 2.24) is 14.5 Å². The topological polar surface area (TPSA) is 30.3 Å². The van der Waals surface area contributed by atoms with Crippen LogP contribution in [-0.2, 0) is 13.6 Å². The Morgan fingerprint density at radius 1 is 1.41 bits per heavy atom. The van der Waals surface area contributed by atoms with E-state index in [4.69, 9.17) is 4.74 Å². The first-order chi connectivity index (χ1) is 10.6. The third-order valence-corrected chi connectivity index (χ3v) is 4.29. The summed E-state index contributed by atoms with van der Waals surface area (Å²) in [6, 6.07) is 5.09. The van der Waals surface area contributed by atoms with Crippen LogP contribution < -0.4 is 4.74 Å². The maximum absolute atomic E-state index is 13.5. The fourth-order valence-corrected chi connectivity index (χ4v) is 3.26. The highest BCUT2D eigenvalue weighted by Gasteiger charge is 2.27. The van der Waals surface area contributed by atoms with Gasteiger partial charge < -0.3 is 9.30 Å². The quantitative estimate of drug-likeness (QED) is 0.870. The lowest BCUT2D eigenvalue weighted by atomic mass is 10.1. The van der Waals surface area contributed by atoms with Gasteiger partial charge in [-0.25, -0.2) is 9.37 Å². The Bertz CT molecular complexity index is 668. The number of imidazole rings is 1. The first-order valence-electron chi connectivity index (χ1n) is 7.61. The van der Waals surface area contributed by atoms with Gasteiger partial charge in [0, 0.05) is 32.3 Å². The smallest absolute Gasteiger partial charge is 0.165 e. The van der Waals surface area contributed by atoms with E-state index in [0.29, 0.717) is 11.7 Å². The summed E-state index contributed by atoms with van der Waals surface area (Å²) in [6.07, 6.45) is 3.19. The van der Waals surface area contributed by atoms with E-state index in [1.54, 1.807) is 6.07 Å². The van der Waals surface area contributed by atoms with Crippen molar-refractivity contribution < 1.29 is 9.13 Å². The van der Waals surface area contributed by atoms with Crippen LogP contribution in [0.25, 0.3) is 0 Å². The van der Waals surface area contributed by atoms with E-state index in [9.17, 15) is 4.39 Å². The Kier molecular flexibility index (Phi) is 4.16. The van der Waals surface area contributed by atoms with Crippen molar-refractivity contribution in [3.8, 4) is 5.75 Å². The lowest BCUT2D eigenvalue weighted by Gasteiger charge is -2.16. The Hall–Kier alpha value is -1.88. The predicted molar refractivity (Wildman–Crippen MR) is 83.5 cm³/mol. The van der Waals surface area contributed by atoms with Gasteiger partial charge in [-0.1, -0.05) is 6.07 Å². The zero-order valence-electron chi connectivity index (χ0n) is 13.3. The number of methoxy groups -OCH3 is 1. The largest absolute Gasteiger partial charge is 0.494 e. The first kappa shape index (κ1) is 15.0. The van der Waals surface area contributed by atoms with E-state index in [-0.39, 0.29) is 5.82 Å². The van der Waals surface area contributed by atoms with Gasteiger partial charge in [0.1, 0.15) is 5.82 Å². The van der Waals surface area contributed by atoms with E-state index < -0.39 is 0 Å². The summed E-state index contributed by atoms with van der Waals surface area (Å²) < 4.78 is 20.6. The summed E-state index contributed by atoms with van der Waals surface area (Å²) in [5.41, 5.74) is 2.15. The minimum atomic E-state index is -0.311. The Labute approximate surface area is 130 Å². The first-order valence-corrected chi connectivity index (χ1v) is 7.61. The molecule has 2 aromatic rings. The van der Waals surface area contributed by atoms with Crippen LogP contribution in [0.1, 0.15) is 29.4 Å². The van der Waals surface area contributed by atoms with Gasteiger partial charge in [-0.05, 0) is 37.6 Å². The van der Waals surface area contributed by atoms with Crippen LogP contribution in [-0.4, -0.2) is 34.7 Å². The molecule has 0 bridgehead atoms. The molecule has 1 aliphatic rings. The summed E-state index contributed by atoms with van der Waals surface area (Å²) in [6.45, 7) is 4.87. The number of aryl methyl sites for hydroxylation is 2. The molecule has 1 fully saturated rings. The monoisotopic (exact) mass is 303 g/mol. The number of aromatic nitrogens is 2. The van der Waals surface area contributed by atoms with Gasteiger partial charge in [0.25, 0.3) is 0 Å². The van der Waals surface area contributed by atoms with Gasteiger partial charge in [-0.15, -0.1) is 0 Å². The molecule has 1 saturated heterocycles. The molecule has 22 heavy (non-hydrogen) atoms. The van der Waals surface area contributed by atoms with Crippen LogP contribution in [0, 0.1) is 12.7 Å². The molecule has 2 heterocycles. The Morgan fingerprint density at radius 3 is 2.91 bits per heavy atom. The summed E-state index contributed by atoms with van der Waals surface area (Å²) in [5, 5.41) is 0. The van der Waals surface area contributed by atoms with E-state index in [1.807, 2.05) is 13.0 Å². The van der Waals surface area contributed by atoms with Crippen molar-refractivity contribution in [3.63, 3.8) is 0 Å². The molecule has 0 amide bonds. The van der Waals surface area contributed by atoms with Crippen LogP contribution in [0.15, 0.2) is 24.4 Å². The lowest BCUT2D eigenvalue weighted by Crippen LogP contribution is -2.20. The summed E-state index contributed by atoms with van der Waals surface area (Å²) in [7, 11) is 3.56. The van der Waals surface area contributed by atoms with Gasteiger partial charge >= 0.3 is 0 Å². The number of hydrogen-bond acceptors (Lipinski definition) is 3. The Balaban J connectivity index is 1.67. The third kappa shape index (κ3) is 2.99. The predicted octanol–water partition coefficient (Wildman–Crippen LogP) is 2.87. The van der Waals surface area contributed by atoms with Gasteiger partial charge in [-0.3, -0.25) is 4.90 Å². The lowest BCUT2D eigenvalue weighted by molar-refractivity contribution is 0.323. The second-order valence-corrected chi connectivity index (χ2v) is 6.04. The molecule has 0 unspecified atom stereocenters. The van der Waals surface area contributed by atoms with E-state index in [2.05, 4.69) is 27.7 Å². The van der Waals surface area contributed by atoms with Crippen LogP contribution >= 0.6 is 0 Å². The number of benzene rings is 1. The van der Waals surface area contributed by atoms with Crippen molar-refractivity contribution in [2.45, 2.75) is 25.8 Å². The zero-order chi connectivity index (χ0) is 15.7. The molecule has 0 N–H and O–H groups in total. The van der Waals surface area contributed by atoms with E-state index in [0.717, 1.165) is 43.1 Å². The standard InChI is InChI=1S/C17H22FN3O/c1-12-9-20(2)17(19-12)14-6-7-21(11-14)10-13-4-5-15(18)16(8-13)22-3/h4-5,8-9,14H,6-7,10-11H2,1-3H3/t14-/m1/s1. The molecule has 1 atom stereocenters. The van der Waals surface area contributed by atoms with Gasteiger partial charge in [0.15, 0.2) is 11.6 Å². The third-order valence-electron chi connectivity index (χ3n) is 4.29. The van der Waals surface area contributed by atoms with Crippen molar-refractivity contribution in [1.29, 1.82) is 0 Å². The summed E-state index contributed by atoms with van der Waals surface area (Å²) in [5.74, 6) is 1.64. The molecular weight excluding hydrogens is 281 g/mol. The molecule has 5 heteroatoms. The van der Waals surface area contributed by atoms with E-state index in [1.165, 1.54) is 13.2 Å². The molecule has 1 aromatic carbocycles. The van der Waals surface area contributed by atoms with Crippen molar-refractivity contribution in [3.05, 3.63) is 47.3 Å². The highest BCUT2D eigenvalue weighted by molar-refractivity contribution is 5.30. The van der Waals surface area contributed by atoms with Crippen LogP contribution in [0.5, 0.6) is 5.75 Å². The molecule has 4 nitrogen and oxygen atoms in total. The summed E-state index contributed by atoms with van der Waals surface area (Å²) >= 11 is 0. The highest BCUT2D eigenvalue weighted by Crippen LogP contribution is 2.28. The molecule has 0 saturated carbocycles. The molecule has 0 aliphatic carbocycles. The molecule has 3 rings (SSSR count). The SMILES string of the molecule is COc1cc(CN2CC[C@@H](c3nc(C)cn3C)C2)ccc1F. The fourth-order valence-electron chi connectivity index (χ4n) is 3.26. The average Bonchev–Trinajstić information content (AvgIpc) is 3.07. The van der Waals surface area contributed by atoms with Crippen molar-refractivity contribution >= 4 is 0 Å². The number of likely N-dealkylation sites (tertiary alicyclic amines) is 1. The molecule has 1 aliphatic heterocycles. The highest BCUT2D eigenvalue weighted by atomic mass is 19.1. The van der Waals surface area contributed by atoms with Gasteiger partial charge in [-0.2, -0.15) is 0 Å². The minimum Gasteiger partial charge on any atom is -0.494 e. The number of nitrogens with zero attached hydrogens (tertiary/aromatic N) is 3. The molecule has 1 aromatic heterocycles. The molecule has 0 spiro atoms. The van der Waals surface area contributed by atoms with Crippen molar-refractivity contribution in [2.24, 2.45) is 7.05 Å². The fraction of sp³-hybridized carbons (Fsp3) is 0.471. The second kappa shape index (κ2) is 6.08. The van der Waals surface area contributed by atoms with Crippen LogP contribution in [0.4, 0.5) is 4.39 Å². The van der Waals surface area contributed by atoms with Crippen LogP contribution in [0.3, 0.4) is 0 Å². The summed E-state index contributed by atoms with van der Waals surface area (Å²) in [4.78, 5) is 7.03. The van der Waals surface area contributed by atoms with E-state index >= 15 is 0 Å². The second-order valence-electron chi connectivity index (χ2n) is 6.04. The number of hydrogen-bond donors (Lipinski definition) is 0. The molecular formula is C17H22FN3O.